The van der Waals surface area contributed by atoms with Crippen molar-refractivity contribution in [2.45, 2.75) is 51.5 Å². The fraction of sp³-hybridized carbons (Fsp3) is 0.375. The van der Waals surface area contributed by atoms with Gasteiger partial charge in [-0.3, -0.25) is 4.79 Å². The molecule has 4 rings (SSSR count). The van der Waals surface area contributed by atoms with Gasteiger partial charge in [0.25, 0.3) is 0 Å². The number of hydrogen-bond acceptors (Lipinski definition) is 4. The third kappa shape index (κ3) is 3.99. The zero-order valence-electron chi connectivity index (χ0n) is 17.7. The highest BCUT2D eigenvalue weighted by Gasteiger charge is 2.37. The van der Waals surface area contributed by atoms with Gasteiger partial charge in [-0.2, -0.15) is 4.98 Å². The minimum Gasteiger partial charge on any atom is -0.339 e. The van der Waals surface area contributed by atoms with Crippen molar-refractivity contribution in [3.8, 4) is 11.4 Å². The van der Waals surface area contributed by atoms with E-state index >= 15 is 0 Å². The third-order valence-electron chi connectivity index (χ3n) is 5.78. The molecule has 2 unspecified atom stereocenters. The molecule has 0 N–H and O–H groups in total. The number of rotatable bonds is 4. The second kappa shape index (κ2) is 7.67. The molecule has 1 amide bonds. The lowest BCUT2D eigenvalue weighted by atomic mass is 9.87. The molecular weight excluding hydrogens is 381 g/mol. The van der Waals surface area contributed by atoms with Gasteiger partial charge in [-0.05, 0) is 35.6 Å². The van der Waals surface area contributed by atoms with Crippen molar-refractivity contribution in [3.05, 3.63) is 71.4 Å². The lowest BCUT2D eigenvalue weighted by Gasteiger charge is -2.25. The second-order valence-electron chi connectivity index (χ2n) is 8.96. The van der Waals surface area contributed by atoms with Gasteiger partial charge in [-0.1, -0.05) is 62.3 Å². The third-order valence-corrected chi connectivity index (χ3v) is 5.78. The van der Waals surface area contributed by atoms with Gasteiger partial charge in [0, 0.05) is 18.5 Å². The predicted octanol–water partition coefficient (Wildman–Crippen LogP) is 5.25. The number of likely N-dealkylation sites (tertiary alicyclic amines) is 1. The first-order valence-electron chi connectivity index (χ1n) is 10.2. The van der Waals surface area contributed by atoms with Crippen molar-refractivity contribution in [2.75, 3.05) is 6.54 Å². The Morgan fingerprint density at radius 3 is 2.40 bits per heavy atom. The second-order valence-corrected chi connectivity index (χ2v) is 8.96. The Kier molecular flexibility index (Phi) is 5.18. The van der Waals surface area contributed by atoms with Crippen LogP contribution in [-0.4, -0.2) is 27.5 Å². The van der Waals surface area contributed by atoms with Crippen LogP contribution in [0.2, 0.25) is 0 Å². The molecule has 5 nitrogen and oxygen atoms in total. The fourth-order valence-corrected chi connectivity index (χ4v) is 3.83. The number of halogens is 1. The zero-order valence-corrected chi connectivity index (χ0v) is 17.7. The van der Waals surface area contributed by atoms with Crippen LogP contribution in [0.4, 0.5) is 4.39 Å². The van der Waals surface area contributed by atoms with E-state index in [-0.39, 0.29) is 29.1 Å². The molecular formula is C24H26FN3O2. The standard InChI is InChI=1S/C24H26FN3O2/c1-15(16-7-11-20(25)12-8-16)28-14-18(13-21(28)29)23-26-22(27-30-23)17-5-9-19(10-6-17)24(2,3)4/h5-12,15,18H,13-14H2,1-4H3. The maximum atomic E-state index is 13.2. The number of aromatic nitrogens is 2. The average molecular weight is 407 g/mol. The summed E-state index contributed by atoms with van der Waals surface area (Å²) in [5.74, 6) is 0.613. The molecule has 2 heterocycles. The van der Waals surface area contributed by atoms with Crippen LogP contribution in [0.5, 0.6) is 0 Å². The monoisotopic (exact) mass is 407 g/mol. The summed E-state index contributed by atoms with van der Waals surface area (Å²) in [5.41, 5.74) is 3.10. The van der Waals surface area contributed by atoms with Crippen LogP contribution >= 0.6 is 0 Å². The zero-order chi connectivity index (χ0) is 21.5. The molecule has 0 saturated carbocycles. The Balaban J connectivity index is 1.49. The average Bonchev–Trinajstić information content (AvgIpc) is 3.34. The van der Waals surface area contributed by atoms with Crippen LogP contribution in [0.15, 0.2) is 53.1 Å². The van der Waals surface area contributed by atoms with E-state index in [4.69, 9.17) is 4.52 Å². The summed E-state index contributed by atoms with van der Waals surface area (Å²) in [6, 6.07) is 14.3. The number of carbonyl (C=O) groups excluding carboxylic acids is 1. The molecule has 30 heavy (non-hydrogen) atoms. The molecule has 1 saturated heterocycles. The molecule has 1 aromatic heterocycles. The van der Waals surface area contributed by atoms with Crippen molar-refractivity contribution < 1.29 is 13.7 Å². The Hall–Kier alpha value is -3.02. The van der Waals surface area contributed by atoms with Crippen molar-refractivity contribution in [1.82, 2.24) is 15.0 Å². The quantitative estimate of drug-likeness (QED) is 0.593. The highest BCUT2D eigenvalue weighted by molar-refractivity contribution is 5.80. The van der Waals surface area contributed by atoms with Crippen molar-refractivity contribution >= 4 is 5.91 Å². The minimum absolute atomic E-state index is 0.0334. The van der Waals surface area contributed by atoms with E-state index in [0.29, 0.717) is 24.7 Å². The van der Waals surface area contributed by atoms with E-state index in [9.17, 15) is 9.18 Å². The minimum atomic E-state index is -0.287. The summed E-state index contributed by atoms with van der Waals surface area (Å²) < 4.78 is 18.7. The smallest absolute Gasteiger partial charge is 0.232 e. The van der Waals surface area contributed by atoms with E-state index in [1.807, 2.05) is 19.1 Å². The number of benzene rings is 2. The van der Waals surface area contributed by atoms with Gasteiger partial charge < -0.3 is 9.42 Å². The van der Waals surface area contributed by atoms with Gasteiger partial charge in [-0.25, -0.2) is 4.39 Å². The van der Waals surface area contributed by atoms with E-state index in [1.54, 1.807) is 17.0 Å². The van der Waals surface area contributed by atoms with Gasteiger partial charge in [-0.15, -0.1) is 0 Å². The summed E-state index contributed by atoms with van der Waals surface area (Å²) >= 11 is 0. The lowest BCUT2D eigenvalue weighted by molar-refractivity contribution is -0.129. The number of hydrogen-bond donors (Lipinski definition) is 0. The van der Waals surface area contributed by atoms with Crippen LogP contribution in [0.3, 0.4) is 0 Å². The van der Waals surface area contributed by atoms with Crippen molar-refractivity contribution in [3.63, 3.8) is 0 Å². The normalized spacial score (nSPS) is 18.1. The first kappa shape index (κ1) is 20.3. The number of carbonyl (C=O) groups is 1. The summed E-state index contributed by atoms with van der Waals surface area (Å²) in [4.78, 5) is 19.0. The molecule has 1 fully saturated rings. The Labute approximate surface area is 175 Å². The summed E-state index contributed by atoms with van der Waals surface area (Å²) in [7, 11) is 0. The molecule has 1 aliphatic heterocycles. The molecule has 1 aliphatic rings. The topological polar surface area (TPSA) is 59.2 Å². The molecule has 156 valence electrons. The van der Waals surface area contributed by atoms with Crippen LogP contribution in [0.1, 0.15) is 63.1 Å². The van der Waals surface area contributed by atoms with E-state index in [0.717, 1.165) is 11.1 Å². The van der Waals surface area contributed by atoms with E-state index < -0.39 is 0 Å². The Morgan fingerprint density at radius 1 is 1.10 bits per heavy atom. The van der Waals surface area contributed by atoms with Gasteiger partial charge >= 0.3 is 0 Å². The summed E-state index contributed by atoms with van der Waals surface area (Å²) in [6.45, 7) is 8.96. The first-order valence-corrected chi connectivity index (χ1v) is 10.2. The number of amides is 1. The molecule has 0 aliphatic carbocycles. The van der Waals surface area contributed by atoms with Crippen LogP contribution in [0.25, 0.3) is 11.4 Å². The van der Waals surface area contributed by atoms with E-state index in [1.165, 1.54) is 17.7 Å². The van der Waals surface area contributed by atoms with Gasteiger partial charge in [0.05, 0.1) is 12.0 Å². The molecule has 2 aromatic carbocycles. The SMILES string of the molecule is CC(c1ccc(F)cc1)N1CC(c2nc(-c3ccc(C(C)(C)C)cc3)no2)CC1=O. The molecule has 6 heteroatoms. The summed E-state index contributed by atoms with van der Waals surface area (Å²) in [6.07, 6.45) is 0.329. The molecule has 0 bridgehead atoms. The van der Waals surface area contributed by atoms with Crippen LogP contribution in [-0.2, 0) is 10.2 Å². The molecule has 2 atom stereocenters. The lowest BCUT2D eigenvalue weighted by Crippen LogP contribution is -2.28. The van der Waals surface area contributed by atoms with Crippen molar-refractivity contribution in [1.29, 1.82) is 0 Å². The fourth-order valence-electron chi connectivity index (χ4n) is 3.83. The van der Waals surface area contributed by atoms with Crippen molar-refractivity contribution in [2.24, 2.45) is 0 Å². The first-order chi connectivity index (χ1) is 14.2. The predicted molar refractivity (Wildman–Crippen MR) is 112 cm³/mol. The van der Waals surface area contributed by atoms with Gasteiger partial charge in [0.15, 0.2) is 0 Å². The summed E-state index contributed by atoms with van der Waals surface area (Å²) in [5, 5.41) is 4.13. The molecule has 0 radical (unpaired) electrons. The van der Waals surface area contributed by atoms with Crippen LogP contribution in [0, 0.1) is 5.82 Å². The van der Waals surface area contributed by atoms with E-state index in [2.05, 4.69) is 43.0 Å². The Bertz CT molecular complexity index is 1040. The number of nitrogens with zero attached hydrogens (tertiary/aromatic N) is 3. The maximum absolute atomic E-state index is 13.2. The highest BCUT2D eigenvalue weighted by atomic mass is 19.1. The molecule has 3 aromatic rings. The largest absolute Gasteiger partial charge is 0.339 e. The Morgan fingerprint density at radius 2 is 1.77 bits per heavy atom. The van der Waals surface area contributed by atoms with Gasteiger partial charge in [0.2, 0.25) is 17.6 Å². The maximum Gasteiger partial charge on any atom is 0.232 e. The van der Waals surface area contributed by atoms with Gasteiger partial charge in [0.1, 0.15) is 5.82 Å². The van der Waals surface area contributed by atoms with Crippen LogP contribution < -0.4 is 0 Å². The highest BCUT2D eigenvalue weighted by Crippen LogP contribution is 2.34. The molecule has 0 spiro atoms.